The van der Waals surface area contributed by atoms with Gasteiger partial charge in [0.2, 0.25) is 0 Å². The van der Waals surface area contributed by atoms with Gasteiger partial charge in [-0.3, -0.25) is 4.79 Å². The molecule has 4 nitrogen and oxygen atoms in total. The highest BCUT2D eigenvalue weighted by Crippen LogP contribution is 2.11. The second-order valence-corrected chi connectivity index (χ2v) is 2.76. The molecule has 0 fully saturated rings. The Hall–Kier alpha value is -0.870. The third-order valence-electron chi connectivity index (χ3n) is 1.70. The summed E-state index contributed by atoms with van der Waals surface area (Å²) in [7, 11) is 0. The predicted octanol–water partition coefficient (Wildman–Crippen LogP) is -0.431. The van der Waals surface area contributed by atoms with Crippen LogP contribution < -0.4 is 5.73 Å². The summed E-state index contributed by atoms with van der Waals surface area (Å²) >= 11 is 0. The lowest BCUT2D eigenvalue weighted by Crippen LogP contribution is -2.37. The van der Waals surface area contributed by atoms with E-state index < -0.39 is 6.04 Å². The molecule has 1 heterocycles. The molecule has 0 aromatic rings. The molecule has 1 rings (SSSR count). The van der Waals surface area contributed by atoms with Crippen molar-refractivity contribution in [2.75, 3.05) is 13.2 Å². The number of nitrogens with two attached hydrogens (primary N) is 1. The predicted molar refractivity (Wildman–Crippen MR) is 43.3 cm³/mol. The second-order valence-electron chi connectivity index (χ2n) is 2.76. The summed E-state index contributed by atoms with van der Waals surface area (Å²) in [5.41, 5.74) is 5.40. The quantitative estimate of drug-likeness (QED) is 0.604. The molecule has 0 aromatic carbocycles. The van der Waals surface area contributed by atoms with E-state index in [1.165, 1.54) is 6.08 Å². The molecule has 0 aliphatic carbocycles. The smallest absolute Gasteiger partial charge is 0.179 e. The molecular formula is C8H13NO3. The molecule has 0 saturated heterocycles. The second kappa shape index (κ2) is 4.23. The Morgan fingerprint density at radius 3 is 3.08 bits per heavy atom. The third-order valence-corrected chi connectivity index (χ3v) is 1.70. The largest absolute Gasteiger partial charge is 0.496 e. The van der Waals surface area contributed by atoms with Gasteiger partial charge in [0.1, 0.15) is 12.6 Å². The topological polar surface area (TPSA) is 72.6 Å². The van der Waals surface area contributed by atoms with Crippen LogP contribution in [0.5, 0.6) is 0 Å². The lowest BCUT2D eigenvalue weighted by Gasteiger charge is -2.18. The molecule has 0 spiro atoms. The first-order valence-corrected chi connectivity index (χ1v) is 3.97. The summed E-state index contributed by atoms with van der Waals surface area (Å²) in [6.07, 6.45) is 2.65. The fraction of sp³-hybridized carbons (Fsp3) is 0.625. The van der Waals surface area contributed by atoms with Crippen molar-refractivity contribution in [2.24, 2.45) is 5.73 Å². The summed E-state index contributed by atoms with van der Waals surface area (Å²) in [4.78, 5) is 11.0. The Morgan fingerprint density at radius 2 is 2.50 bits per heavy atom. The molecule has 68 valence electrons. The van der Waals surface area contributed by atoms with Gasteiger partial charge in [0.25, 0.3) is 0 Å². The van der Waals surface area contributed by atoms with E-state index in [-0.39, 0.29) is 19.0 Å². The van der Waals surface area contributed by atoms with E-state index in [1.54, 1.807) is 0 Å². The number of aliphatic hydroxyl groups is 1. The van der Waals surface area contributed by atoms with E-state index in [0.717, 1.165) is 0 Å². The molecule has 12 heavy (non-hydrogen) atoms. The molecule has 0 aromatic heterocycles. The molecular weight excluding hydrogens is 158 g/mol. The maximum atomic E-state index is 11.0. The summed E-state index contributed by atoms with van der Waals surface area (Å²) in [6.45, 7) is 0.372. The van der Waals surface area contributed by atoms with Crippen LogP contribution in [0.4, 0.5) is 0 Å². The Kier molecular flexibility index (Phi) is 3.25. The third kappa shape index (κ3) is 2.32. The molecule has 0 bridgehead atoms. The van der Waals surface area contributed by atoms with Crippen LogP contribution >= 0.6 is 0 Å². The van der Waals surface area contributed by atoms with E-state index in [0.29, 0.717) is 18.6 Å². The summed E-state index contributed by atoms with van der Waals surface area (Å²) in [5.74, 6) is 0.546. The number of rotatable bonds is 3. The van der Waals surface area contributed by atoms with Crippen molar-refractivity contribution in [3.63, 3.8) is 0 Å². The van der Waals surface area contributed by atoms with Gasteiger partial charge >= 0.3 is 0 Å². The molecule has 0 radical (unpaired) electrons. The minimum Gasteiger partial charge on any atom is -0.496 e. The van der Waals surface area contributed by atoms with E-state index in [9.17, 15) is 4.79 Å². The zero-order valence-electron chi connectivity index (χ0n) is 6.82. The van der Waals surface area contributed by atoms with Gasteiger partial charge < -0.3 is 15.6 Å². The number of ether oxygens (including phenoxy) is 1. The average molecular weight is 171 g/mol. The number of carbonyl (C=O) groups excluding carboxylic acids is 1. The highest BCUT2D eigenvalue weighted by Gasteiger charge is 2.18. The van der Waals surface area contributed by atoms with E-state index >= 15 is 0 Å². The Balaban J connectivity index is 2.45. The van der Waals surface area contributed by atoms with Gasteiger partial charge in [0.15, 0.2) is 5.78 Å². The van der Waals surface area contributed by atoms with Crippen LogP contribution in [0.3, 0.4) is 0 Å². The highest BCUT2D eigenvalue weighted by molar-refractivity contribution is 5.95. The lowest BCUT2D eigenvalue weighted by molar-refractivity contribution is -0.118. The molecule has 0 unspecified atom stereocenters. The highest BCUT2D eigenvalue weighted by atomic mass is 16.5. The van der Waals surface area contributed by atoms with Crippen LogP contribution in [-0.2, 0) is 9.53 Å². The minimum absolute atomic E-state index is 0.0887. The summed E-state index contributed by atoms with van der Waals surface area (Å²) < 4.78 is 5.17. The van der Waals surface area contributed by atoms with Crippen LogP contribution in [0, 0.1) is 0 Å². The van der Waals surface area contributed by atoms with Crippen molar-refractivity contribution in [2.45, 2.75) is 18.9 Å². The Labute approximate surface area is 71.0 Å². The number of allylic oxidation sites excluding steroid dienone is 1. The van der Waals surface area contributed by atoms with Crippen molar-refractivity contribution in [3.8, 4) is 0 Å². The zero-order chi connectivity index (χ0) is 8.97. The van der Waals surface area contributed by atoms with Crippen LogP contribution in [0.1, 0.15) is 12.8 Å². The van der Waals surface area contributed by atoms with Gasteiger partial charge in [-0.25, -0.2) is 0 Å². The normalized spacial score (nSPS) is 23.3. The van der Waals surface area contributed by atoms with Crippen molar-refractivity contribution in [3.05, 3.63) is 11.8 Å². The molecule has 4 heteroatoms. The molecule has 1 aliphatic heterocycles. The van der Waals surface area contributed by atoms with Crippen LogP contribution in [0.25, 0.3) is 0 Å². The standard InChI is InChI=1S/C8H13NO3/c9-7-5-12-6(2-1-3-10)4-8(7)11/h4,7,10H,1-3,5,9H2/t7-/m0/s1. The Morgan fingerprint density at radius 1 is 1.75 bits per heavy atom. The van der Waals surface area contributed by atoms with Crippen LogP contribution in [0.2, 0.25) is 0 Å². The number of hydrogen-bond acceptors (Lipinski definition) is 4. The SMILES string of the molecule is N[C@H]1COC(CCCO)=CC1=O. The van der Waals surface area contributed by atoms with E-state index in [2.05, 4.69) is 0 Å². The first kappa shape index (κ1) is 9.22. The lowest BCUT2D eigenvalue weighted by atomic mass is 10.1. The maximum Gasteiger partial charge on any atom is 0.179 e. The molecule has 3 N–H and O–H groups in total. The number of ketones is 1. The van der Waals surface area contributed by atoms with E-state index in [1.807, 2.05) is 0 Å². The molecule has 1 aliphatic rings. The molecule has 0 saturated carbocycles. The summed E-state index contributed by atoms with van der Waals surface area (Å²) in [6, 6.07) is -0.511. The number of hydrogen-bond donors (Lipinski definition) is 2. The van der Waals surface area contributed by atoms with Gasteiger partial charge in [0, 0.05) is 19.1 Å². The van der Waals surface area contributed by atoms with Crippen molar-refractivity contribution < 1.29 is 14.6 Å². The number of carbonyl (C=O) groups is 1. The van der Waals surface area contributed by atoms with Crippen molar-refractivity contribution in [1.29, 1.82) is 0 Å². The fourth-order valence-corrected chi connectivity index (χ4v) is 0.984. The fourth-order valence-electron chi connectivity index (χ4n) is 0.984. The summed E-state index contributed by atoms with van der Waals surface area (Å²) in [5, 5.41) is 8.52. The van der Waals surface area contributed by atoms with Gasteiger partial charge in [-0.1, -0.05) is 0 Å². The van der Waals surface area contributed by atoms with Crippen molar-refractivity contribution >= 4 is 5.78 Å². The van der Waals surface area contributed by atoms with Gasteiger partial charge in [-0.15, -0.1) is 0 Å². The van der Waals surface area contributed by atoms with Crippen LogP contribution in [-0.4, -0.2) is 30.1 Å². The van der Waals surface area contributed by atoms with Crippen molar-refractivity contribution in [1.82, 2.24) is 0 Å². The number of aliphatic hydroxyl groups excluding tert-OH is 1. The van der Waals surface area contributed by atoms with Gasteiger partial charge in [-0.05, 0) is 6.42 Å². The maximum absolute atomic E-state index is 11.0. The molecule has 0 amide bonds. The van der Waals surface area contributed by atoms with Gasteiger partial charge in [-0.2, -0.15) is 0 Å². The van der Waals surface area contributed by atoms with Gasteiger partial charge in [0.05, 0.1) is 5.76 Å². The molecule has 1 atom stereocenters. The monoisotopic (exact) mass is 171 g/mol. The first-order valence-electron chi connectivity index (χ1n) is 3.97. The Bertz CT molecular complexity index is 200. The first-order chi connectivity index (χ1) is 5.74. The zero-order valence-corrected chi connectivity index (χ0v) is 6.82. The average Bonchev–Trinajstić information content (AvgIpc) is 2.07. The van der Waals surface area contributed by atoms with E-state index in [4.69, 9.17) is 15.6 Å². The minimum atomic E-state index is -0.511. The van der Waals surface area contributed by atoms with Crippen LogP contribution in [0.15, 0.2) is 11.8 Å².